The van der Waals surface area contributed by atoms with E-state index in [1.807, 2.05) is 6.07 Å². The molecule has 5 rings (SSSR count). The lowest BCUT2D eigenvalue weighted by molar-refractivity contribution is 0.0473. The van der Waals surface area contributed by atoms with Gasteiger partial charge in [-0.2, -0.15) is 5.10 Å². The van der Waals surface area contributed by atoms with Gasteiger partial charge in [-0.15, -0.1) is 11.3 Å². The quantitative estimate of drug-likeness (QED) is 0.551. The number of nitrogens with one attached hydrogen (secondary N) is 1. The van der Waals surface area contributed by atoms with Crippen LogP contribution in [0, 0.1) is 12.8 Å². The smallest absolute Gasteiger partial charge is 0.348 e. The van der Waals surface area contributed by atoms with Gasteiger partial charge in [0.15, 0.2) is 15.3 Å². The lowest BCUT2D eigenvalue weighted by Gasteiger charge is -2.19. The van der Waals surface area contributed by atoms with Crippen molar-refractivity contribution in [1.29, 1.82) is 0 Å². The predicted molar refractivity (Wildman–Crippen MR) is 127 cm³/mol. The molecule has 1 aliphatic carbocycles. The Hall–Kier alpha value is -2.46. The summed E-state index contributed by atoms with van der Waals surface area (Å²) in [4.78, 5) is 30.5. The zero-order valence-electron chi connectivity index (χ0n) is 18.7. The van der Waals surface area contributed by atoms with Crippen molar-refractivity contribution in [2.75, 3.05) is 11.5 Å². The zero-order valence-corrected chi connectivity index (χ0v) is 20.4. The zero-order chi connectivity index (χ0) is 23.3. The van der Waals surface area contributed by atoms with Gasteiger partial charge in [-0.1, -0.05) is 13.3 Å². The summed E-state index contributed by atoms with van der Waals surface area (Å²) in [5, 5.41) is 4.88. The molecule has 176 valence electrons. The van der Waals surface area contributed by atoms with E-state index in [-0.39, 0.29) is 29.6 Å². The van der Waals surface area contributed by atoms with E-state index in [9.17, 15) is 18.0 Å². The third-order valence-corrected chi connectivity index (χ3v) is 9.76. The van der Waals surface area contributed by atoms with E-state index in [4.69, 9.17) is 4.74 Å². The van der Waals surface area contributed by atoms with E-state index in [0.29, 0.717) is 39.6 Å². The van der Waals surface area contributed by atoms with E-state index in [1.165, 1.54) is 27.8 Å². The SMILES string of the molecule is CC[C@H]1CCc2sc(C(=O)OCc3cc(=O)c4c(C)nn([C@@H]5CCS(=O)(=O)C5)c4[nH]3)cc2C1. The molecule has 1 aliphatic heterocycles. The number of hydrogen-bond acceptors (Lipinski definition) is 7. The van der Waals surface area contributed by atoms with Crippen LogP contribution in [0.5, 0.6) is 0 Å². The Morgan fingerprint density at radius 3 is 2.88 bits per heavy atom. The summed E-state index contributed by atoms with van der Waals surface area (Å²) in [5.41, 5.74) is 2.51. The highest BCUT2D eigenvalue weighted by atomic mass is 32.2. The van der Waals surface area contributed by atoms with Gasteiger partial charge in [0.25, 0.3) is 0 Å². The van der Waals surface area contributed by atoms with Crippen molar-refractivity contribution >= 4 is 38.2 Å². The summed E-state index contributed by atoms with van der Waals surface area (Å²) < 4.78 is 31.0. The van der Waals surface area contributed by atoms with E-state index >= 15 is 0 Å². The molecule has 0 amide bonds. The van der Waals surface area contributed by atoms with Crippen LogP contribution in [0.3, 0.4) is 0 Å². The number of carbonyl (C=O) groups excluding carboxylic acids is 1. The number of sulfone groups is 1. The summed E-state index contributed by atoms with van der Waals surface area (Å²) in [5.74, 6) is 0.404. The number of aromatic amines is 1. The molecule has 4 heterocycles. The molecular formula is C23H27N3O5S2. The number of hydrogen-bond donors (Lipinski definition) is 1. The maximum absolute atomic E-state index is 12.8. The highest BCUT2D eigenvalue weighted by Gasteiger charge is 2.31. The van der Waals surface area contributed by atoms with Crippen LogP contribution in [-0.4, -0.2) is 40.7 Å². The Balaban J connectivity index is 1.37. The van der Waals surface area contributed by atoms with Crippen molar-refractivity contribution < 1.29 is 17.9 Å². The number of carbonyl (C=O) groups is 1. The van der Waals surface area contributed by atoms with Crippen LogP contribution in [0.15, 0.2) is 16.9 Å². The van der Waals surface area contributed by atoms with Crippen LogP contribution in [0.25, 0.3) is 11.0 Å². The second-order valence-electron chi connectivity index (χ2n) is 9.12. The number of H-pyrrole nitrogens is 1. The molecule has 0 spiro atoms. The molecule has 0 radical (unpaired) electrons. The Labute approximate surface area is 195 Å². The molecule has 8 nitrogen and oxygen atoms in total. The molecule has 0 bridgehead atoms. The lowest BCUT2D eigenvalue weighted by atomic mass is 9.87. The van der Waals surface area contributed by atoms with Gasteiger partial charge in [0, 0.05) is 10.9 Å². The number of ether oxygens (including phenoxy) is 1. The molecule has 3 aromatic heterocycles. The van der Waals surface area contributed by atoms with Crippen LogP contribution in [-0.2, 0) is 34.0 Å². The molecular weight excluding hydrogens is 462 g/mol. The summed E-state index contributed by atoms with van der Waals surface area (Å²) in [6.45, 7) is 3.87. The van der Waals surface area contributed by atoms with Crippen molar-refractivity contribution in [1.82, 2.24) is 14.8 Å². The standard InChI is InChI=1S/C23H27N3O5S2/c1-3-14-4-5-19-15(8-14)9-20(32-19)23(28)31-11-16-10-18(27)21-13(2)25-26(22(21)24-16)17-6-7-33(29,30)12-17/h9-10,14,17H,3-8,11-12H2,1-2H3,(H,24,27)/t14-,17+/m0/s1. The second-order valence-corrected chi connectivity index (χ2v) is 12.5. The van der Waals surface area contributed by atoms with Crippen LogP contribution >= 0.6 is 11.3 Å². The van der Waals surface area contributed by atoms with Gasteiger partial charge in [-0.05, 0) is 50.2 Å². The van der Waals surface area contributed by atoms with Crippen LogP contribution in [0.2, 0.25) is 0 Å². The summed E-state index contributed by atoms with van der Waals surface area (Å²) in [6, 6.07) is 3.06. The van der Waals surface area contributed by atoms with E-state index in [0.717, 1.165) is 25.7 Å². The van der Waals surface area contributed by atoms with Crippen molar-refractivity contribution in [2.45, 2.75) is 58.6 Å². The molecule has 3 aromatic rings. The maximum Gasteiger partial charge on any atom is 0.348 e. The van der Waals surface area contributed by atoms with Gasteiger partial charge in [0.1, 0.15) is 17.1 Å². The Kier molecular flexibility index (Phi) is 5.68. The largest absolute Gasteiger partial charge is 0.455 e. The minimum absolute atomic E-state index is 0.00635. The molecule has 1 fully saturated rings. The predicted octanol–water partition coefficient (Wildman–Crippen LogP) is 3.33. The monoisotopic (exact) mass is 489 g/mol. The average molecular weight is 490 g/mol. The van der Waals surface area contributed by atoms with Gasteiger partial charge in [-0.25, -0.2) is 17.9 Å². The number of fused-ring (bicyclic) bond motifs is 2. The first-order chi connectivity index (χ1) is 15.7. The maximum atomic E-state index is 12.8. The molecule has 1 saturated heterocycles. The molecule has 0 unspecified atom stereocenters. The topological polar surface area (TPSA) is 111 Å². The number of rotatable bonds is 5. The Morgan fingerprint density at radius 1 is 1.33 bits per heavy atom. The third-order valence-electron chi connectivity index (χ3n) is 6.79. The van der Waals surface area contributed by atoms with Gasteiger partial charge in [0.2, 0.25) is 0 Å². The van der Waals surface area contributed by atoms with Crippen LogP contribution in [0.1, 0.15) is 63.7 Å². The van der Waals surface area contributed by atoms with E-state index in [1.54, 1.807) is 11.6 Å². The van der Waals surface area contributed by atoms with Gasteiger partial charge in [-0.3, -0.25) is 4.79 Å². The number of nitrogens with zero attached hydrogens (tertiary/aromatic N) is 2. The molecule has 0 aromatic carbocycles. The van der Waals surface area contributed by atoms with E-state index in [2.05, 4.69) is 17.0 Å². The van der Waals surface area contributed by atoms with Gasteiger partial charge < -0.3 is 9.72 Å². The second kappa shape index (κ2) is 8.39. The molecule has 1 N–H and O–H groups in total. The Morgan fingerprint density at radius 2 is 2.15 bits per heavy atom. The summed E-state index contributed by atoms with van der Waals surface area (Å²) >= 11 is 1.50. The number of aromatic nitrogens is 3. The summed E-state index contributed by atoms with van der Waals surface area (Å²) in [7, 11) is -3.10. The Bertz CT molecular complexity index is 1400. The van der Waals surface area contributed by atoms with Gasteiger partial charge in [0.05, 0.1) is 34.3 Å². The molecule has 10 heteroatoms. The first kappa shape index (κ1) is 22.3. The van der Waals surface area contributed by atoms with Crippen LogP contribution in [0.4, 0.5) is 0 Å². The molecule has 33 heavy (non-hydrogen) atoms. The first-order valence-electron chi connectivity index (χ1n) is 11.3. The fraction of sp³-hybridized carbons (Fsp3) is 0.522. The fourth-order valence-corrected chi connectivity index (χ4v) is 7.75. The number of thiophene rings is 1. The number of aryl methyl sites for hydroxylation is 2. The highest BCUT2D eigenvalue weighted by molar-refractivity contribution is 7.91. The van der Waals surface area contributed by atoms with Crippen molar-refractivity contribution in [3.8, 4) is 0 Å². The molecule has 2 atom stereocenters. The molecule has 2 aliphatic rings. The third kappa shape index (κ3) is 4.26. The first-order valence-corrected chi connectivity index (χ1v) is 14.0. The van der Waals surface area contributed by atoms with Crippen molar-refractivity contribution in [3.63, 3.8) is 0 Å². The van der Waals surface area contributed by atoms with E-state index < -0.39 is 15.8 Å². The lowest BCUT2D eigenvalue weighted by Crippen LogP contribution is -2.15. The highest BCUT2D eigenvalue weighted by Crippen LogP contribution is 2.34. The fourth-order valence-electron chi connectivity index (χ4n) is 4.95. The van der Waals surface area contributed by atoms with Crippen molar-refractivity contribution in [2.24, 2.45) is 5.92 Å². The minimum atomic E-state index is -3.10. The van der Waals surface area contributed by atoms with Gasteiger partial charge >= 0.3 is 5.97 Å². The van der Waals surface area contributed by atoms with Crippen LogP contribution < -0.4 is 5.43 Å². The number of esters is 1. The van der Waals surface area contributed by atoms with Crippen molar-refractivity contribution in [3.05, 3.63) is 49.1 Å². The minimum Gasteiger partial charge on any atom is -0.455 e. The molecule has 0 saturated carbocycles. The average Bonchev–Trinajstić information content (AvgIpc) is 3.46. The summed E-state index contributed by atoms with van der Waals surface area (Å²) in [6.07, 6.45) is 4.79. The number of pyridine rings is 1. The normalized spacial score (nSPS) is 21.9.